The molecule has 1 aliphatic carbocycles. The number of rotatable bonds is 8. The molecule has 2 aliphatic rings. The Kier molecular flexibility index (Phi) is 7.04. The van der Waals surface area contributed by atoms with E-state index < -0.39 is 0 Å². The van der Waals surface area contributed by atoms with Gasteiger partial charge in [0.25, 0.3) is 0 Å². The zero-order valence-corrected chi connectivity index (χ0v) is 20.8. The number of fused-ring (bicyclic) bond motifs is 1. The van der Waals surface area contributed by atoms with E-state index >= 15 is 0 Å². The average molecular weight is 471 g/mol. The summed E-state index contributed by atoms with van der Waals surface area (Å²) >= 11 is 0. The van der Waals surface area contributed by atoms with E-state index in [1.807, 2.05) is 19.3 Å². The minimum absolute atomic E-state index is 0.309. The SMILES string of the molecule is C/C=C(\C=N[C@@H](C)CC)c1ccc2cnc(NC(=C3CC3)c3coc(C4CCNCC4)n3)nc2c1. The second-order valence-corrected chi connectivity index (χ2v) is 9.45. The molecule has 2 aromatic heterocycles. The molecule has 3 heterocycles. The van der Waals surface area contributed by atoms with Gasteiger partial charge in [-0.05, 0) is 81.8 Å². The zero-order valence-electron chi connectivity index (χ0n) is 20.8. The third kappa shape index (κ3) is 5.51. The van der Waals surface area contributed by atoms with Crippen molar-refractivity contribution < 1.29 is 4.42 Å². The minimum Gasteiger partial charge on any atom is -0.448 e. The highest BCUT2D eigenvalue weighted by Gasteiger charge is 2.25. The number of benzene rings is 1. The van der Waals surface area contributed by atoms with Crippen LogP contribution in [-0.2, 0) is 0 Å². The second kappa shape index (κ2) is 10.5. The lowest BCUT2D eigenvalue weighted by Crippen LogP contribution is -2.26. The van der Waals surface area contributed by atoms with Crippen molar-refractivity contribution in [1.82, 2.24) is 20.3 Å². The Morgan fingerprint density at radius 2 is 2.09 bits per heavy atom. The topological polar surface area (TPSA) is 88.2 Å². The standard InChI is InChI=1S/C28H34N6O/c1-4-18(3)30-15-19(5-2)22-8-9-23-16-31-28(33-24(23)14-22)34-26(20-6-7-20)25-17-35-27(32-25)21-10-12-29-13-11-21/h5,8-9,14-18,21,29H,4,6-7,10-13H2,1-3H3,(H,31,33,34)/b19-5+,30-15?/t18-/m0/s1. The van der Waals surface area contributed by atoms with E-state index in [9.17, 15) is 0 Å². The Balaban J connectivity index is 1.39. The summed E-state index contributed by atoms with van der Waals surface area (Å²) in [5.41, 5.74) is 6.26. The summed E-state index contributed by atoms with van der Waals surface area (Å²) in [6, 6.07) is 6.59. The van der Waals surface area contributed by atoms with Gasteiger partial charge in [0.15, 0.2) is 5.89 Å². The fourth-order valence-electron chi connectivity index (χ4n) is 4.31. The lowest BCUT2D eigenvalue weighted by atomic mass is 9.98. The third-order valence-electron chi connectivity index (χ3n) is 6.84. The molecule has 2 N–H and O–H groups in total. The molecular formula is C28H34N6O. The van der Waals surface area contributed by atoms with Gasteiger partial charge in [-0.1, -0.05) is 25.1 Å². The molecule has 1 saturated heterocycles. The molecule has 35 heavy (non-hydrogen) atoms. The number of aliphatic imine (C=N–C) groups is 1. The summed E-state index contributed by atoms with van der Waals surface area (Å²) < 4.78 is 5.90. The maximum absolute atomic E-state index is 5.90. The number of nitrogens with zero attached hydrogens (tertiary/aromatic N) is 4. The van der Waals surface area contributed by atoms with Gasteiger partial charge in [0, 0.05) is 29.8 Å². The van der Waals surface area contributed by atoms with Crippen LogP contribution in [0.2, 0.25) is 0 Å². The summed E-state index contributed by atoms with van der Waals surface area (Å²) in [5, 5.41) is 7.86. The molecule has 2 fully saturated rings. The van der Waals surface area contributed by atoms with E-state index in [0.717, 1.165) is 84.5 Å². The first-order chi connectivity index (χ1) is 17.1. The van der Waals surface area contributed by atoms with Crippen LogP contribution in [-0.4, -0.2) is 40.3 Å². The molecular weight excluding hydrogens is 436 g/mol. The van der Waals surface area contributed by atoms with E-state index in [1.54, 1.807) is 6.26 Å². The summed E-state index contributed by atoms with van der Waals surface area (Å²) in [5.74, 6) is 1.80. The van der Waals surface area contributed by atoms with Gasteiger partial charge in [0.05, 0.1) is 11.2 Å². The molecule has 1 aliphatic heterocycles. The Morgan fingerprint density at radius 3 is 2.83 bits per heavy atom. The number of nitrogens with one attached hydrogen (secondary N) is 2. The van der Waals surface area contributed by atoms with Gasteiger partial charge >= 0.3 is 0 Å². The van der Waals surface area contributed by atoms with Crippen molar-refractivity contribution in [2.24, 2.45) is 4.99 Å². The molecule has 0 unspecified atom stereocenters. The average Bonchev–Trinajstić information content (AvgIpc) is 3.63. The molecule has 7 heteroatoms. The number of oxazole rings is 1. The smallest absolute Gasteiger partial charge is 0.227 e. The molecule has 1 saturated carbocycles. The van der Waals surface area contributed by atoms with Gasteiger partial charge in [-0.3, -0.25) is 4.99 Å². The van der Waals surface area contributed by atoms with E-state index in [4.69, 9.17) is 14.4 Å². The first kappa shape index (κ1) is 23.4. The molecule has 182 valence electrons. The lowest BCUT2D eigenvalue weighted by Gasteiger charge is -2.19. The van der Waals surface area contributed by atoms with E-state index in [-0.39, 0.29) is 0 Å². The summed E-state index contributed by atoms with van der Waals surface area (Å²) in [4.78, 5) is 18.9. The van der Waals surface area contributed by atoms with Crippen LogP contribution in [0.15, 0.2) is 51.7 Å². The number of aromatic nitrogens is 3. The fourth-order valence-corrected chi connectivity index (χ4v) is 4.31. The van der Waals surface area contributed by atoms with Crippen molar-refractivity contribution in [2.45, 2.75) is 64.8 Å². The van der Waals surface area contributed by atoms with Crippen LogP contribution in [0.3, 0.4) is 0 Å². The van der Waals surface area contributed by atoms with E-state index in [0.29, 0.717) is 17.9 Å². The fraction of sp³-hybridized carbons (Fsp3) is 0.429. The lowest BCUT2D eigenvalue weighted by molar-refractivity contribution is 0.374. The number of hydrogen-bond acceptors (Lipinski definition) is 7. The van der Waals surface area contributed by atoms with Crippen LogP contribution in [0, 0.1) is 0 Å². The number of allylic oxidation sites excluding steroid dienone is 3. The van der Waals surface area contributed by atoms with Crippen molar-refractivity contribution in [2.75, 3.05) is 18.4 Å². The highest BCUT2D eigenvalue weighted by molar-refractivity contribution is 6.10. The van der Waals surface area contributed by atoms with E-state index in [2.05, 4.69) is 58.7 Å². The molecule has 5 rings (SSSR count). The van der Waals surface area contributed by atoms with Crippen molar-refractivity contribution in [1.29, 1.82) is 0 Å². The predicted octanol–water partition coefficient (Wildman–Crippen LogP) is 5.97. The minimum atomic E-state index is 0.309. The van der Waals surface area contributed by atoms with Crippen molar-refractivity contribution in [3.05, 3.63) is 59.5 Å². The molecule has 0 spiro atoms. The molecule has 0 amide bonds. The maximum Gasteiger partial charge on any atom is 0.227 e. The largest absolute Gasteiger partial charge is 0.448 e. The Morgan fingerprint density at radius 1 is 1.26 bits per heavy atom. The normalized spacial score (nSPS) is 17.8. The van der Waals surface area contributed by atoms with Crippen molar-refractivity contribution >= 4 is 34.3 Å². The van der Waals surface area contributed by atoms with Gasteiger partial charge in [-0.25, -0.2) is 15.0 Å². The predicted molar refractivity (Wildman–Crippen MR) is 143 cm³/mol. The van der Waals surface area contributed by atoms with Gasteiger partial charge in [0.1, 0.15) is 12.0 Å². The van der Waals surface area contributed by atoms with Crippen LogP contribution >= 0.6 is 0 Å². The van der Waals surface area contributed by atoms with Gasteiger partial charge in [0.2, 0.25) is 5.95 Å². The number of piperidine rings is 1. The van der Waals surface area contributed by atoms with Crippen molar-refractivity contribution in [3.8, 4) is 0 Å². The molecule has 1 atom stereocenters. The maximum atomic E-state index is 5.90. The molecule has 0 radical (unpaired) electrons. The highest BCUT2D eigenvalue weighted by Crippen LogP contribution is 2.37. The van der Waals surface area contributed by atoms with Crippen LogP contribution < -0.4 is 10.6 Å². The Labute approximate surface area is 206 Å². The monoisotopic (exact) mass is 470 g/mol. The van der Waals surface area contributed by atoms with Crippen LogP contribution in [0.4, 0.5) is 5.95 Å². The summed E-state index contributed by atoms with van der Waals surface area (Å²) in [6.07, 6.45) is 13.0. The van der Waals surface area contributed by atoms with Crippen LogP contribution in [0.25, 0.3) is 22.2 Å². The zero-order chi connectivity index (χ0) is 24.2. The highest BCUT2D eigenvalue weighted by atomic mass is 16.3. The second-order valence-electron chi connectivity index (χ2n) is 9.45. The van der Waals surface area contributed by atoms with Crippen molar-refractivity contribution in [3.63, 3.8) is 0 Å². The van der Waals surface area contributed by atoms with Gasteiger partial charge < -0.3 is 15.1 Å². The van der Waals surface area contributed by atoms with E-state index in [1.165, 1.54) is 5.57 Å². The first-order valence-corrected chi connectivity index (χ1v) is 12.8. The Hall–Kier alpha value is -3.32. The number of hydrogen-bond donors (Lipinski definition) is 2. The van der Waals surface area contributed by atoms with Gasteiger partial charge in [-0.15, -0.1) is 0 Å². The van der Waals surface area contributed by atoms with Crippen LogP contribution in [0.1, 0.15) is 75.9 Å². The summed E-state index contributed by atoms with van der Waals surface area (Å²) in [6.45, 7) is 8.35. The molecule has 3 aromatic rings. The first-order valence-electron chi connectivity index (χ1n) is 12.8. The molecule has 7 nitrogen and oxygen atoms in total. The molecule has 0 bridgehead atoms. The third-order valence-corrected chi connectivity index (χ3v) is 6.84. The Bertz CT molecular complexity index is 1280. The quantitative estimate of drug-likeness (QED) is 0.394. The number of anilines is 1. The van der Waals surface area contributed by atoms with Crippen LogP contribution in [0.5, 0.6) is 0 Å². The molecule has 1 aromatic carbocycles. The summed E-state index contributed by atoms with van der Waals surface area (Å²) in [7, 11) is 0. The van der Waals surface area contributed by atoms with Gasteiger partial charge in [-0.2, -0.15) is 0 Å².